The third-order valence-corrected chi connectivity index (χ3v) is 13.3. The second-order valence-corrected chi connectivity index (χ2v) is 20.0. The van der Waals surface area contributed by atoms with Crippen molar-refractivity contribution in [1.29, 1.82) is 0 Å². The van der Waals surface area contributed by atoms with Gasteiger partial charge >= 0.3 is 5.97 Å². The number of allylic oxidation sites excluding steroid dienone is 13. The zero-order valence-corrected chi connectivity index (χ0v) is 46.2. The van der Waals surface area contributed by atoms with Crippen molar-refractivity contribution in [2.75, 3.05) is 13.2 Å². The molecule has 0 aliphatic carbocycles. The lowest BCUT2D eigenvalue weighted by atomic mass is 9.99. The minimum atomic E-state index is -1.63. The fourth-order valence-electron chi connectivity index (χ4n) is 8.61. The van der Waals surface area contributed by atoms with Gasteiger partial charge in [-0.2, -0.15) is 0 Å². The van der Waals surface area contributed by atoms with E-state index in [2.05, 4.69) is 99.0 Å². The van der Waals surface area contributed by atoms with Gasteiger partial charge in [0, 0.05) is 6.42 Å². The first-order valence-electron chi connectivity index (χ1n) is 29.4. The number of unbranched alkanes of at least 4 members (excludes halogenated alkanes) is 22. The monoisotopic (exact) mass is 1030 g/mol. The average molecular weight is 1030 g/mol. The van der Waals surface area contributed by atoms with Crippen LogP contribution in [0.1, 0.15) is 233 Å². The van der Waals surface area contributed by atoms with E-state index < -0.39 is 67.4 Å². The highest BCUT2D eigenvalue weighted by atomic mass is 16.7. The molecule has 1 amide bonds. The molecule has 0 spiro atoms. The van der Waals surface area contributed by atoms with Crippen LogP contribution in [0.15, 0.2) is 85.1 Å². The first kappa shape index (κ1) is 67.9. The molecule has 1 fully saturated rings. The summed E-state index contributed by atoms with van der Waals surface area (Å²) in [5.74, 6) is -1.25. The quantitative estimate of drug-likeness (QED) is 0.0195. The summed E-state index contributed by atoms with van der Waals surface area (Å²) in [7, 11) is 0. The van der Waals surface area contributed by atoms with Crippen LogP contribution in [0.25, 0.3) is 0 Å². The van der Waals surface area contributed by atoms with E-state index in [9.17, 15) is 35.1 Å². The van der Waals surface area contributed by atoms with E-state index in [4.69, 9.17) is 14.2 Å². The zero-order chi connectivity index (χ0) is 53.3. The summed E-state index contributed by atoms with van der Waals surface area (Å²) in [6.07, 6.45) is 53.4. The van der Waals surface area contributed by atoms with Crippen LogP contribution < -0.4 is 5.32 Å². The van der Waals surface area contributed by atoms with Crippen molar-refractivity contribution in [1.82, 2.24) is 5.32 Å². The van der Waals surface area contributed by atoms with E-state index in [1.54, 1.807) is 6.08 Å². The van der Waals surface area contributed by atoms with Gasteiger partial charge in [-0.1, -0.05) is 215 Å². The normalized spacial score (nSPS) is 20.0. The lowest BCUT2D eigenvalue weighted by molar-refractivity contribution is -0.305. The van der Waals surface area contributed by atoms with Gasteiger partial charge in [0.25, 0.3) is 0 Å². The van der Waals surface area contributed by atoms with Crippen LogP contribution in [0.3, 0.4) is 0 Å². The molecule has 1 aliphatic heterocycles. The molecule has 0 aromatic heterocycles. The number of carbonyl (C=O) groups excluding carboxylic acids is 2. The van der Waals surface area contributed by atoms with Crippen molar-refractivity contribution in [2.24, 2.45) is 0 Å². The van der Waals surface area contributed by atoms with Gasteiger partial charge in [0.15, 0.2) is 12.4 Å². The van der Waals surface area contributed by atoms with Crippen LogP contribution in [0, 0.1) is 0 Å². The Morgan fingerprint density at radius 1 is 0.548 bits per heavy atom. The number of hydrogen-bond donors (Lipinski definition) is 6. The highest BCUT2D eigenvalue weighted by Gasteiger charge is 2.47. The maximum Gasteiger partial charge on any atom is 0.306 e. The first-order chi connectivity index (χ1) is 35.7. The molecule has 0 bridgehead atoms. The Kier molecular flexibility index (Phi) is 46.2. The second-order valence-electron chi connectivity index (χ2n) is 20.0. The van der Waals surface area contributed by atoms with Crippen molar-refractivity contribution in [3.8, 4) is 0 Å². The van der Waals surface area contributed by atoms with Crippen LogP contribution in [0.4, 0.5) is 0 Å². The van der Waals surface area contributed by atoms with Crippen LogP contribution in [-0.2, 0) is 23.8 Å². The smallest absolute Gasteiger partial charge is 0.306 e. The molecule has 0 aromatic rings. The highest BCUT2D eigenvalue weighted by molar-refractivity contribution is 5.80. The molecule has 420 valence electrons. The van der Waals surface area contributed by atoms with E-state index in [1.807, 2.05) is 6.08 Å². The summed E-state index contributed by atoms with van der Waals surface area (Å²) in [5.41, 5.74) is 0. The summed E-state index contributed by atoms with van der Waals surface area (Å²) >= 11 is 0. The van der Waals surface area contributed by atoms with Gasteiger partial charge in [-0.3, -0.25) is 9.59 Å². The van der Waals surface area contributed by atoms with Crippen molar-refractivity contribution in [3.63, 3.8) is 0 Å². The van der Waals surface area contributed by atoms with E-state index in [0.717, 1.165) is 89.9 Å². The van der Waals surface area contributed by atoms with Crippen molar-refractivity contribution < 1.29 is 49.3 Å². The predicted octanol–water partition coefficient (Wildman–Crippen LogP) is 13.4. The number of aliphatic hydroxyl groups excluding tert-OH is 5. The molecule has 0 aromatic carbocycles. The van der Waals surface area contributed by atoms with Crippen LogP contribution in [0.2, 0.25) is 0 Å². The number of hydrogen-bond acceptors (Lipinski definition) is 10. The Morgan fingerprint density at radius 3 is 1.49 bits per heavy atom. The molecule has 1 rings (SSSR count). The molecule has 1 heterocycles. The molecule has 8 unspecified atom stereocenters. The van der Waals surface area contributed by atoms with Gasteiger partial charge in [0.1, 0.15) is 24.4 Å². The number of nitrogens with one attached hydrogen (secondary N) is 1. The van der Waals surface area contributed by atoms with Gasteiger partial charge < -0.3 is 45.1 Å². The molecule has 73 heavy (non-hydrogen) atoms. The third-order valence-electron chi connectivity index (χ3n) is 13.3. The molecular formula is C62H107NO10. The molecule has 11 heteroatoms. The van der Waals surface area contributed by atoms with E-state index in [0.29, 0.717) is 12.8 Å². The molecule has 0 radical (unpaired) electrons. The standard InChI is InChI=1S/C62H107NO10/c1-4-7-10-13-16-19-22-25-26-27-28-29-30-32-35-38-41-44-47-50-57(67)73-60-59(69)58(68)56(51-64)72-62(60)71-52-53(54(65)48-45-42-39-36-34-31-23-20-17-14-11-8-5-2)63-61(70)55(66)49-46-43-40-37-33-24-21-18-15-12-9-6-3/h7,10,16,19,25-26,28-29,32-33,35,37,45,48,53-56,58-60,62,64-66,68-69H,4-6,8-9,11-15,17-18,20-24,27,30-31,34,36,38-44,46-47,49-52H2,1-3H3,(H,63,70)/b10-7-,19-16-,26-25-,29-28-,35-32-,37-33-,48-45+. The minimum Gasteiger partial charge on any atom is -0.454 e. The van der Waals surface area contributed by atoms with Crippen LogP contribution >= 0.6 is 0 Å². The number of amides is 1. The second kappa shape index (κ2) is 49.7. The third kappa shape index (κ3) is 38.1. The molecule has 1 saturated heterocycles. The largest absolute Gasteiger partial charge is 0.454 e. The first-order valence-corrected chi connectivity index (χ1v) is 29.4. The number of aliphatic hydroxyl groups is 5. The fraction of sp³-hybridized carbons (Fsp3) is 0.742. The maximum absolute atomic E-state index is 13.4. The Morgan fingerprint density at radius 2 is 0.986 bits per heavy atom. The maximum atomic E-state index is 13.4. The van der Waals surface area contributed by atoms with Crippen molar-refractivity contribution >= 4 is 11.9 Å². The minimum absolute atomic E-state index is 0.0792. The summed E-state index contributed by atoms with van der Waals surface area (Å²) < 4.78 is 17.5. The van der Waals surface area contributed by atoms with Crippen LogP contribution in [0.5, 0.6) is 0 Å². The lowest BCUT2D eigenvalue weighted by Crippen LogP contribution is -2.61. The summed E-state index contributed by atoms with van der Waals surface area (Å²) in [5, 5.41) is 56.8. The molecular weight excluding hydrogens is 919 g/mol. The van der Waals surface area contributed by atoms with Gasteiger partial charge in [-0.25, -0.2) is 0 Å². The van der Waals surface area contributed by atoms with E-state index in [-0.39, 0.29) is 19.4 Å². The SMILES string of the molecule is CC/C=C\C/C=C\C/C=C\C/C=C\C/C=C\CCCCCC(=O)OC1C(OCC(NC(=O)C(O)CCCC/C=C\CCCCCCCC)C(O)/C=C/CCCCCCCCCCCCC)OC(CO)C(O)C1O. The number of ether oxygens (including phenoxy) is 3. The van der Waals surface area contributed by atoms with Crippen molar-refractivity contribution in [3.05, 3.63) is 85.1 Å². The lowest BCUT2D eigenvalue weighted by Gasteiger charge is -2.41. The highest BCUT2D eigenvalue weighted by Crippen LogP contribution is 2.26. The average Bonchev–Trinajstić information content (AvgIpc) is 3.39. The number of esters is 1. The number of carbonyl (C=O) groups is 2. The summed E-state index contributed by atoms with van der Waals surface area (Å²) in [6, 6.07) is -1.04. The fourth-order valence-corrected chi connectivity index (χ4v) is 8.61. The summed E-state index contributed by atoms with van der Waals surface area (Å²) in [6.45, 7) is 5.62. The number of rotatable bonds is 48. The molecule has 11 nitrogen and oxygen atoms in total. The van der Waals surface area contributed by atoms with E-state index >= 15 is 0 Å². The molecule has 8 atom stereocenters. The van der Waals surface area contributed by atoms with Gasteiger partial charge in [0.2, 0.25) is 5.91 Å². The Hall–Kier alpha value is -3.16. The van der Waals surface area contributed by atoms with E-state index in [1.165, 1.54) is 96.3 Å². The molecule has 1 aliphatic rings. The van der Waals surface area contributed by atoms with Gasteiger partial charge in [-0.15, -0.1) is 0 Å². The van der Waals surface area contributed by atoms with Gasteiger partial charge in [0.05, 0.1) is 25.4 Å². The van der Waals surface area contributed by atoms with Gasteiger partial charge in [-0.05, 0) is 96.3 Å². The van der Waals surface area contributed by atoms with Crippen LogP contribution in [-0.4, -0.2) is 99.6 Å². The predicted molar refractivity (Wildman–Crippen MR) is 301 cm³/mol. The summed E-state index contributed by atoms with van der Waals surface area (Å²) in [4.78, 5) is 26.5. The topological polar surface area (TPSA) is 175 Å². The Bertz CT molecular complexity index is 1510. The van der Waals surface area contributed by atoms with Crippen molar-refractivity contribution in [2.45, 2.75) is 282 Å². The Balaban J connectivity index is 2.75. The molecule has 0 saturated carbocycles. The zero-order valence-electron chi connectivity index (χ0n) is 46.2. The molecule has 6 N–H and O–H groups in total. The Labute approximate surface area is 444 Å².